The molecule has 1 fully saturated rings. The van der Waals surface area contributed by atoms with Gasteiger partial charge >= 0.3 is 5.97 Å². The first kappa shape index (κ1) is 7.27. The van der Waals surface area contributed by atoms with E-state index in [0.717, 1.165) is 19.3 Å². The molecule has 0 radical (unpaired) electrons. The molecule has 0 spiro atoms. The predicted octanol–water partition coefficient (Wildman–Crippen LogP) is 1.04. The van der Waals surface area contributed by atoms with Crippen LogP contribution in [0.2, 0.25) is 0 Å². The summed E-state index contributed by atoms with van der Waals surface area (Å²) in [6, 6.07) is 0. The van der Waals surface area contributed by atoms with Crippen molar-refractivity contribution in [3.63, 3.8) is 0 Å². The van der Waals surface area contributed by atoms with Gasteiger partial charge in [-0.25, -0.2) is 4.79 Å². The molecule has 1 aromatic rings. The Labute approximate surface area is 68.4 Å². The molecule has 0 amide bonds. The second-order valence-electron chi connectivity index (χ2n) is 2.89. The van der Waals surface area contributed by atoms with Gasteiger partial charge in [0.05, 0.1) is 0 Å². The Hall–Kier alpha value is -1.39. The first-order valence-corrected chi connectivity index (χ1v) is 3.84. The van der Waals surface area contributed by atoms with Gasteiger partial charge in [-0.15, -0.1) is 0 Å². The Balaban J connectivity index is 2.17. The normalized spacial score (nSPS) is 17.3. The second kappa shape index (κ2) is 2.58. The lowest BCUT2D eigenvalue weighted by Crippen LogP contribution is -2.09. The van der Waals surface area contributed by atoms with Crippen molar-refractivity contribution in [2.24, 2.45) is 0 Å². The van der Waals surface area contributed by atoms with E-state index in [0.29, 0.717) is 11.8 Å². The molecule has 1 aliphatic carbocycles. The predicted molar refractivity (Wildman–Crippen MR) is 37.8 cm³/mol. The summed E-state index contributed by atoms with van der Waals surface area (Å²) in [4.78, 5) is 14.1. The smallest absolute Gasteiger partial charge is 0.377 e. The van der Waals surface area contributed by atoms with Crippen LogP contribution < -0.4 is 0 Å². The van der Waals surface area contributed by atoms with E-state index in [2.05, 4.69) is 10.1 Å². The fraction of sp³-hybridized carbons (Fsp3) is 0.571. The first-order chi connectivity index (χ1) is 5.77. The number of nitrogens with zero attached hydrogens (tertiary/aromatic N) is 2. The van der Waals surface area contributed by atoms with Crippen LogP contribution in [0.3, 0.4) is 0 Å². The minimum Gasteiger partial charge on any atom is -0.475 e. The molecule has 0 aliphatic heterocycles. The number of aromatic nitrogens is 2. The highest BCUT2D eigenvalue weighted by molar-refractivity contribution is 5.82. The van der Waals surface area contributed by atoms with Crippen molar-refractivity contribution in [3.05, 3.63) is 11.7 Å². The van der Waals surface area contributed by atoms with E-state index < -0.39 is 5.97 Å². The van der Waals surface area contributed by atoms with Gasteiger partial charge in [-0.3, -0.25) is 0 Å². The third kappa shape index (κ3) is 1.07. The summed E-state index contributed by atoms with van der Waals surface area (Å²) < 4.78 is 4.79. The topological polar surface area (TPSA) is 76.2 Å². The molecule has 0 bridgehead atoms. The minimum absolute atomic E-state index is 0.239. The average molecular weight is 168 g/mol. The molecular formula is C7H8N2O3. The van der Waals surface area contributed by atoms with E-state index in [1.165, 1.54) is 0 Å². The highest BCUT2D eigenvalue weighted by Gasteiger charge is 2.26. The maximum absolute atomic E-state index is 10.4. The third-order valence-electron chi connectivity index (χ3n) is 2.09. The van der Waals surface area contributed by atoms with Crippen LogP contribution in [0.15, 0.2) is 4.52 Å². The number of hydrogen-bond acceptors (Lipinski definition) is 4. The summed E-state index contributed by atoms with van der Waals surface area (Å²) in [5, 5.41) is 11.8. The lowest BCUT2D eigenvalue weighted by molar-refractivity contribution is 0.0680. The van der Waals surface area contributed by atoms with Gasteiger partial charge in [0.15, 0.2) is 0 Å². The third-order valence-corrected chi connectivity index (χ3v) is 2.09. The summed E-state index contributed by atoms with van der Waals surface area (Å²) in [7, 11) is 0. The Morgan fingerprint density at radius 3 is 2.75 bits per heavy atom. The fourth-order valence-electron chi connectivity index (χ4n) is 1.14. The molecule has 1 saturated carbocycles. The van der Waals surface area contributed by atoms with Gasteiger partial charge in [-0.05, 0) is 18.0 Å². The van der Waals surface area contributed by atoms with E-state index in [1.807, 2.05) is 0 Å². The van der Waals surface area contributed by atoms with E-state index in [-0.39, 0.29) is 5.82 Å². The van der Waals surface area contributed by atoms with E-state index in [9.17, 15) is 4.79 Å². The number of aromatic carboxylic acids is 1. The Morgan fingerprint density at radius 1 is 1.58 bits per heavy atom. The molecule has 1 N–H and O–H groups in total. The van der Waals surface area contributed by atoms with Crippen LogP contribution in [0.1, 0.15) is 41.7 Å². The second-order valence-corrected chi connectivity index (χ2v) is 2.89. The van der Waals surface area contributed by atoms with Crippen LogP contribution in [-0.2, 0) is 0 Å². The molecule has 0 aromatic carbocycles. The molecule has 1 aromatic heterocycles. The van der Waals surface area contributed by atoms with Crippen molar-refractivity contribution in [1.29, 1.82) is 0 Å². The van der Waals surface area contributed by atoms with Crippen LogP contribution in [-0.4, -0.2) is 21.2 Å². The molecule has 5 nitrogen and oxygen atoms in total. The minimum atomic E-state index is -1.13. The molecule has 1 heterocycles. The maximum atomic E-state index is 10.4. The van der Waals surface area contributed by atoms with Gasteiger partial charge in [0.1, 0.15) is 0 Å². The number of carboxylic acid groups (broad SMARTS) is 1. The zero-order valence-electron chi connectivity index (χ0n) is 6.36. The summed E-state index contributed by atoms with van der Waals surface area (Å²) in [6.07, 6.45) is 3.22. The monoisotopic (exact) mass is 168 g/mol. The van der Waals surface area contributed by atoms with Crippen LogP contribution in [0.25, 0.3) is 0 Å². The van der Waals surface area contributed by atoms with E-state index in [4.69, 9.17) is 9.63 Å². The Kier molecular flexibility index (Phi) is 1.56. The summed E-state index contributed by atoms with van der Waals surface area (Å²) in [5.74, 6) is -0.606. The van der Waals surface area contributed by atoms with Crippen LogP contribution in [0.5, 0.6) is 0 Å². The van der Waals surface area contributed by atoms with Crippen molar-refractivity contribution in [3.8, 4) is 0 Å². The highest BCUT2D eigenvalue weighted by atomic mass is 16.5. The zero-order chi connectivity index (χ0) is 8.55. The molecule has 12 heavy (non-hydrogen) atoms. The molecule has 2 rings (SSSR count). The molecule has 1 aliphatic rings. The SMILES string of the molecule is O=C(O)c1noc(C2CCC2)n1. The number of rotatable bonds is 2. The van der Waals surface area contributed by atoms with Gasteiger partial charge in [0, 0.05) is 5.92 Å². The molecule has 5 heteroatoms. The van der Waals surface area contributed by atoms with Gasteiger partial charge < -0.3 is 9.63 Å². The summed E-state index contributed by atoms with van der Waals surface area (Å²) in [6.45, 7) is 0. The van der Waals surface area contributed by atoms with E-state index in [1.54, 1.807) is 0 Å². The quantitative estimate of drug-likeness (QED) is 0.713. The largest absolute Gasteiger partial charge is 0.475 e. The van der Waals surface area contributed by atoms with Gasteiger partial charge in [-0.1, -0.05) is 6.42 Å². The van der Waals surface area contributed by atoms with Crippen molar-refractivity contribution in [2.75, 3.05) is 0 Å². The van der Waals surface area contributed by atoms with Crippen molar-refractivity contribution in [1.82, 2.24) is 10.1 Å². The van der Waals surface area contributed by atoms with Gasteiger partial charge in [0.2, 0.25) is 5.89 Å². The maximum Gasteiger partial charge on any atom is 0.377 e. The number of hydrogen-bond donors (Lipinski definition) is 1. The Morgan fingerprint density at radius 2 is 2.33 bits per heavy atom. The first-order valence-electron chi connectivity index (χ1n) is 3.84. The molecule has 64 valence electrons. The summed E-state index contributed by atoms with van der Waals surface area (Å²) in [5.41, 5.74) is 0. The fourth-order valence-corrected chi connectivity index (χ4v) is 1.14. The zero-order valence-corrected chi connectivity index (χ0v) is 6.36. The van der Waals surface area contributed by atoms with Crippen LogP contribution in [0.4, 0.5) is 0 Å². The highest BCUT2D eigenvalue weighted by Crippen LogP contribution is 2.34. The number of carbonyl (C=O) groups is 1. The Bertz CT molecular complexity index is 303. The van der Waals surface area contributed by atoms with Crippen molar-refractivity contribution in [2.45, 2.75) is 25.2 Å². The van der Waals surface area contributed by atoms with Gasteiger partial charge in [0.25, 0.3) is 5.82 Å². The lowest BCUT2D eigenvalue weighted by atomic mass is 9.85. The summed E-state index contributed by atoms with van der Waals surface area (Å²) >= 11 is 0. The van der Waals surface area contributed by atoms with Crippen LogP contribution in [0, 0.1) is 0 Å². The molecule has 0 unspecified atom stereocenters. The van der Waals surface area contributed by atoms with Crippen LogP contribution >= 0.6 is 0 Å². The van der Waals surface area contributed by atoms with Crippen molar-refractivity contribution < 1.29 is 14.4 Å². The average Bonchev–Trinajstić information content (AvgIpc) is 2.32. The standard InChI is InChI=1S/C7H8N2O3/c10-7(11)5-8-6(12-9-5)4-2-1-3-4/h4H,1-3H2,(H,10,11). The van der Waals surface area contributed by atoms with Crippen molar-refractivity contribution >= 4 is 5.97 Å². The molecule has 0 atom stereocenters. The lowest BCUT2D eigenvalue weighted by Gasteiger charge is -2.20. The van der Waals surface area contributed by atoms with Gasteiger partial charge in [-0.2, -0.15) is 4.98 Å². The van der Waals surface area contributed by atoms with E-state index >= 15 is 0 Å². The molecular weight excluding hydrogens is 160 g/mol. The number of carboxylic acids is 1. The molecule has 0 saturated heterocycles.